The zero-order valence-corrected chi connectivity index (χ0v) is 15.3. The third-order valence-corrected chi connectivity index (χ3v) is 6.72. The maximum absolute atomic E-state index is 13.3. The Morgan fingerprint density at radius 1 is 1.28 bits per heavy atom. The minimum absolute atomic E-state index is 0.122. The van der Waals surface area contributed by atoms with Gasteiger partial charge in [-0.2, -0.15) is 11.8 Å². The van der Waals surface area contributed by atoms with Gasteiger partial charge in [0, 0.05) is 28.7 Å². The Morgan fingerprint density at radius 3 is 2.84 bits per heavy atom. The number of thioether (sulfide) groups is 1. The number of anilines is 1. The van der Waals surface area contributed by atoms with Crippen LogP contribution in [0.5, 0.6) is 0 Å². The third-order valence-electron chi connectivity index (χ3n) is 4.30. The van der Waals surface area contributed by atoms with Gasteiger partial charge >= 0.3 is 0 Å². The molecule has 0 saturated carbocycles. The lowest BCUT2D eigenvalue weighted by Crippen LogP contribution is -2.17. The number of thiophene rings is 1. The van der Waals surface area contributed by atoms with Crippen LogP contribution in [-0.2, 0) is 12.2 Å². The van der Waals surface area contributed by atoms with Crippen LogP contribution in [0.1, 0.15) is 26.4 Å². The van der Waals surface area contributed by atoms with Gasteiger partial charge in [0.25, 0.3) is 5.91 Å². The van der Waals surface area contributed by atoms with Crippen molar-refractivity contribution in [2.24, 2.45) is 0 Å². The Bertz CT molecular complexity index is 931. The van der Waals surface area contributed by atoms with Gasteiger partial charge in [0.1, 0.15) is 10.8 Å². The number of halogens is 1. The van der Waals surface area contributed by atoms with Gasteiger partial charge in [-0.3, -0.25) is 4.79 Å². The fourth-order valence-electron chi connectivity index (χ4n) is 3.06. The van der Waals surface area contributed by atoms with E-state index < -0.39 is 0 Å². The molecule has 1 amide bonds. The van der Waals surface area contributed by atoms with Crippen molar-refractivity contribution < 1.29 is 9.18 Å². The maximum Gasteiger partial charge on any atom is 0.258 e. The summed E-state index contributed by atoms with van der Waals surface area (Å²) in [5.41, 5.74) is 3.27. The molecular formula is C19H17FN2OS2. The zero-order chi connectivity index (χ0) is 17.4. The van der Waals surface area contributed by atoms with Crippen molar-refractivity contribution in [2.45, 2.75) is 19.1 Å². The van der Waals surface area contributed by atoms with Crippen LogP contribution in [0.4, 0.5) is 10.1 Å². The molecule has 2 aromatic heterocycles. The summed E-state index contributed by atoms with van der Waals surface area (Å²) in [7, 11) is 0. The molecule has 3 aromatic rings. The van der Waals surface area contributed by atoms with E-state index in [1.54, 1.807) is 24.3 Å². The molecule has 0 fully saturated rings. The summed E-state index contributed by atoms with van der Waals surface area (Å²) in [6, 6.07) is 8.34. The molecule has 1 aliphatic heterocycles. The second-order valence-electron chi connectivity index (χ2n) is 5.99. The standard InChI is InChI=1S/C19H17FN2OS2/c1-12-10-13(20)4-5-15(12)21-18(23)17-14-6-9-24-11-16(14)25-19(17)22-7-2-3-8-22/h2-5,7-8,10H,6,9,11H2,1H3,(H,21,23). The Balaban J connectivity index is 1.75. The van der Waals surface area contributed by atoms with Crippen molar-refractivity contribution >= 4 is 34.7 Å². The van der Waals surface area contributed by atoms with Crippen LogP contribution in [0.25, 0.3) is 5.00 Å². The summed E-state index contributed by atoms with van der Waals surface area (Å²) in [6.07, 6.45) is 4.83. The highest BCUT2D eigenvalue weighted by atomic mass is 32.2. The van der Waals surface area contributed by atoms with Gasteiger partial charge in [0.15, 0.2) is 0 Å². The molecule has 4 rings (SSSR count). The average Bonchev–Trinajstić information content (AvgIpc) is 3.24. The summed E-state index contributed by atoms with van der Waals surface area (Å²) >= 11 is 3.59. The van der Waals surface area contributed by atoms with Crippen molar-refractivity contribution in [1.29, 1.82) is 0 Å². The van der Waals surface area contributed by atoms with Gasteiger partial charge in [0.05, 0.1) is 5.56 Å². The normalized spacial score (nSPS) is 13.5. The minimum atomic E-state index is -0.298. The van der Waals surface area contributed by atoms with Crippen LogP contribution in [0, 0.1) is 12.7 Å². The molecule has 3 heterocycles. The van der Waals surface area contributed by atoms with E-state index in [-0.39, 0.29) is 11.7 Å². The van der Waals surface area contributed by atoms with E-state index in [2.05, 4.69) is 5.32 Å². The highest BCUT2D eigenvalue weighted by Gasteiger charge is 2.26. The number of benzene rings is 1. The van der Waals surface area contributed by atoms with Crippen LogP contribution in [0.3, 0.4) is 0 Å². The monoisotopic (exact) mass is 372 g/mol. The van der Waals surface area contributed by atoms with E-state index >= 15 is 0 Å². The highest BCUT2D eigenvalue weighted by Crippen LogP contribution is 2.38. The molecule has 6 heteroatoms. The Labute approximate surface area is 153 Å². The van der Waals surface area contributed by atoms with Gasteiger partial charge in [-0.05, 0) is 60.6 Å². The van der Waals surface area contributed by atoms with E-state index in [4.69, 9.17) is 0 Å². The van der Waals surface area contributed by atoms with Crippen molar-refractivity contribution in [1.82, 2.24) is 4.57 Å². The summed E-state index contributed by atoms with van der Waals surface area (Å²) in [4.78, 5) is 14.4. The maximum atomic E-state index is 13.3. The number of amides is 1. The number of aromatic nitrogens is 1. The van der Waals surface area contributed by atoms with Gasteiger partial charge in [-0.15, -0.1) is 11.3 Å². The lowest BCUT2D eigenvalue weighted by Gasteiger charge is -2.14. The molecule has 0 aliphatic carbocycles. The predicted octanol–water partition coefficient (Wildman–Crippen LogP) is 5.03. The number of nitrogens with one attached hydrogen (secondary N) is 1. The number of nitrogens with zero attached hydrogens (tertiary/aromatic N) is 1. The number of fused-ring (bicyclic) bond motifs is 1. The molecule has 1 N–H and O–H groups in total. The van der Waals surface area contributed by atoms with E-state index in [9.17, 15) is 9.18 Å². The second kappa shape index (κ2) is 6.69. The molecule has 0 saturated heterocycles. The van der Waals surface area contributed by atoms with Crippen LogP contribution in [0.15, 0.2) is 42.7 Å². The lowest BCUT2D eigenvalue weighted by molar-refractivity contribution is 0.102. The van der Waals surface area contributed by atoms with Crippen molar-refractivity contribution in [3.8, 4) is 5.00 Å². The first-order valence-corrected chi connectivity index (χ1v) is 10.0. The SMILES string of the molecule is Cc1cc(F)ccc1NC(=O)c1c(-n2cccc2)sc2c1CCSC2. The third kappa shape index (κ3) is 3.12. The summed E-state index contributed by atoms with van der Waals surface area (Å²) < 4.78 is 15.3. The molecule has 1 aromatic carbocycles. The first kappa shape index (κ1) is 16.4. The number of rotatable bonds is 3. The lowest BCUT2D eigenvalue weighted by atomic mass is 10.1. The summed E-state index contributed by atoms with van der Waals surface area (Å²) in [5, 5.41) is 3.93. The quantitative estimate of drug-likeness (QED) is 0.700. The van der Waals surface area contributed by atoms with Crippen molar-refractivity contribution in [2.75, 3.05) is 11.1 Å². The molecule has 0 spiro atoms. The van der Waals surface area contributed by atoms with Gasteiger partial charge in [-0.1, -0.05) is 0 Å². The second-order valence-corrected chi connectivity index (χ2v) is 8.18. The molecule has 25 heavy (non-hydrogen) atoms. The topological polar surface area (TPSA) is 34.0 Å². The number of aryl methyl sites for hydroxylation is 1. The fourth-order valence-corrected chi connectivity index (χ4v) is 5.50. The van der Waals surface area contributed by atoms with E-state index in [0.717, 1.165) is 39.6 Å². The highest BCUT2D eigenvalue weighted by molar-refractivity contribution is 7.98. The smallest absolute Gasteiger partial charge is 0.258 e. The number of carbonyl (C=O) groups is 1. The summed E-state index contributed by atoms with van der Waals surface area (Å²) in [5.74, 6) is 1.57. The molecule has 0 atom stereocenters. The number of carbonyl (C=O) groups excluding carboxylic acids is 1. The van der Waals surface area contributed by atoms with Crippen LogP contribution < -0.4 is 5.32 Å². The summed E-state index contributed by atoms with van der Waals surface area (Å²) in [6.45, 7) is 1.80. The van der Waals surface area contributed by atoms with Crippen LogP contribution >= 0.6 is 23.1 Å². The average molecular weight is 372 g/mol. The van der Waals surface area contributed by atoms with Gasteiger partial charge in [-0.25, -0.2) is 4.39 Å². The number of hydrogen-bond donors (Lipinski definition) is 1. The van der Waals surface area contributed by atoms with E-state index in [0.29, 0.717) is 5.69 Å². The minimum Gasteiger partial charge on any atom is -0.322 e. The Morgan fingerprint density at radius 2 is 2.08 bits per heavy atom. The molecule has 1 aliphatic rings. The van der Waals surface area contributed by atoms with Crippen LogP contribution in [0.2, 0.25) is 0 Å². The van der Waals surface area contributed by atoms with E-state index in [1.165, 1.54) is 17.0 Å². The predicted molar refractivity (Wildman–Crippen MR) is 103 cm³/mol. The molecule has 128 valence electrons. The zero-order valence-electron chi connectivity index (χ0n) is 13.7. The van der Waals surface area contributed by atoms with Crippen molar-refractivity contribution in [3.63, 3.8) is 0 Å². The van der Waals surface area contributed by atoms with Crippen LogP contribution in [-0.4, -0.2) is 16.2 Å². The Hall–Kier alpha value is -2.05. The molecule has 0 radical (unpaired) electrons. The first-order valence-electron chi connectivity index (χ1n) is 8.06. The fraction of sp³-hybridized carbons (Fsp3) is 0.211. The molecule has 0 unspecified atom stereocenters. The van der Waals surface area contributed by atoms with Gasteiger partial charge < -0.3 is 9.88 Å². The first-order chi connectivity index (χ1) is 12.1. The molecule has 3 nitrogen and oxygen atoms in total. The molecule has 0 bridgehead atoms. The van der Waals surface area contributed by atoms with E-state index in [1.807, 2.05) is 40.9 Å². The largest absolute Gasteiger partial charge is 0.322 e. The molecular weight excluding hydrogens is 355 g/mol. The Kier molecular flexibility index (Phi) is 4.39. The van der Waals surface area contributed by atoms with Gasteiger partial charge in [0.2, 0.25) is 0 Å². The number of hydrogen-bond acceptors (Lipinski definition) is 3. The van der Waals surface area contributed by atoms with Crippen molar-refractivity contribution in [3.05, 3.63) is 70.1 Å².